The fourth-order valence-corrected chi connectivity index (χ4v) is 5.21. The lowest BCUT2D eigenvalue weighted by Gasteiger charge is -2.35. The first kappa shape index (κ1) is 26.1. The SMILES string of the molecule is C#CCN1CCC(C(NC(=O)c2ccc(OCc3cc(C)nc4ccccc34)cc2)c2[nH]c(=O)[nH]c2O)CC1. The van der Waals surface area contributed by atoms with Crippen LogP contribution < -0.4 is 15.7 Å². The maximum absolute atomic E-state index is 13.3. The Bertz CT molecular complexity index is 1560. The van der Waals surface area contributed by atoms with E-state index < -0.39 is 11.7 Å². The van der Waals surface area contributed by atoms with Gasteiger partial charge in [0.15, 0.2) is 0 Å². The summed E-state index contributed by atoms with van der Waals surface area (Å²) in [5.41, 5.74) is 3.09. The minimum Gasteiger partial charge on any atom is -0.493 e. The molecule has 9 heteroatoms. The number of aromatic nitrogens is 3. The number of imidazole rings is 1. The number of carbonyl (C=O) groups excluding carboxylic acids is 1. The van der Waals surface area contributed by atoms with Crippen molar-refractivity contribution in [1.82, 2.24) is 25.2 Å². The first-order valence-corrected chi connectivity index (χ1v) is 13.0. The van der Waals surface area contributed by atoms with Gasteiger partial charge in [-0.2, -0.15) is 0 Å². The summed E-state index contributed by atoms with van der Waals surface area (Å²) in [4.78, 5) is 36.8. The second-order valence-electron chi connectivity index (χ2n) is 9.86. The molecule has 0 bridgehead atoms. The molecule has 3 heterocycles. The van der Waals surface area contributed by atoms with Crippen LogP contribution in [0.25, 0.3) is 10.9 Å². The number of aromatic hydroxyl groups is 1. The molecule has 5 rings (SSSR count). The van der Waals surface area contributed by atoms with Crippen molar-refractivity contribution in [2.45, 2.75) is 32.4 Å². The van der Waals surface area contributed by atoms with Gasteiger partial charge in [0, 0.05) is 22.2 Å². The zero-order valence-corrected chi connectivity index (χ0v) is 21.7. The number of rotatable bonds is 8. The van der Waals surface area contributed by atoms with E-state index in [4.69, 9.17) is 11.2 Å². The number of benzene rings is 2. The number of nitrogens with one attached hydrogen (secondary N) is 3. The molecule has 1 unspecified atom stereocenters. The van der Waals surface area contributed by atoms with Crippen LogP contribution >= 0.6 is 0 Å². The summed E-state index contributed by atoms with van der Waals surface area (Å²) >= 11 is 0. The molecule has 39 heavy (non-hydrogen) atoms. The lowest BCUT2D eigenvalue weighted by molar-refractivity contribution is 0.0894. The molecule has 0 spiro atoms. The van der Waals surface area contributed by atoms with Crippen molar-refractivity contribution in [2.24, 2.45) is 5.92 Å². The number of hydrogen-bond donors (Lipinski definition) is 4. The Kier molecular flexibility index (Phi) is 7.66. The molecule has 0 aliphatic carbocycles. The number of ether oxygens (including phenoxy) is 1. The second-order valence-corrected chi connectivity index (χ2v) is 9.86. The Morgan fingerprint density at radius 1 is 1.21 bits per heavy atom. The number of para-hydroxylation sites is 1. The van der Waals surface area contributed by atoms with Crippen molar-refractivity contribution in [3.8, 4) is 24.0 Å². The fraction of sp³-hybridized carbons (Fsp3) is 0.300. The van der Waals surface area contributed by atoms with Crippen molar-refractivity contribution in [3.05, 3.63) is 87.6 Å². The molecule has 1 aliphatic heterocycles. The predicted octanol–water partition coefficient (Wildman–Crippen LogP) is 3.66. The van der Waals surface area contributed by atoms with Crippen LogP contribution in [0.5, 0.6) is 11.6 Å². The standard InChI is InChI=1S/C30H31N5O4/c1-3-14-35-15-12-20(13-16-35)26(27-29(37)34-30(38)33-27)32-28(36)21-8-10-23(11-9-21)39-18-22-17-19(2)31-25-7-5-4-6-24(22)25/h1,4-11,17,20,26,37H,12-16,18H2,2H3,(H,32,36)(H2,33,34,38). The van der Waals surface area contributed by atoms with Gasteiger partial charge in [0.25, 0.3) is 5.91 Å². The first-order valence-electron chi connectivity index (χ1n) is 13.0. The van der Waals surface area contributed by atoms with E-state index in [1.807, 2.05) is 37.3 Å². The number of likely N-dealkylation sites (tertiary alicyclic amines) is 1. The van der Waals surface area contributed by atoms with Crippen LogP contribution in [0.1, 0.15) is 46.2 Å². The van der Waals surface area contributed by atoms with Crippen molar-refractivity contribution in [1.29, 1.82) is 0 Å². The third-order valence-corrected chi connectivity index (χ3v) is 7.19. The molecule has 2 aromatic carbocycles. The van der Waals surface area contributed by atoms with Crippen molar-refractivity contribution in [3.63, 3.8) is 0 Å². The number of fused-ring (bicyclic) bond motifs is 1. The molecule has 1 amide bonds. The van der Waals surface area contributed by atoms with Crippen LogP contribution in [0.3, 0.4) is 0 Å². The van der Waals surface area contributed by atoms with Gasteiger partial charge in [-0.3, -0.25) is 19.7 Å². The minimum atomic E-state index is -0.566. The molecule has 1 saturated heterocycles. The highest BCUT2D eigenvalue weighted by atomic mass is 16.5. The molecule has 0 saturated carbocycles. The van der Waals surface area contributed by atoms with Gasteiger partial charge < -0.3 is 20.1 Å². The van der Waals surface area contributed by atoms with E-state index >= 15 is 0 Å². The monoisotopic (exact) mass is 525 g/mol. The van der Waals surface area contributed by atoms with Gasteiger partial charge in [0.2, 0.25) is 5.88 Å². The summed E-state index contributed by atoms with van der Waals surface area (Å²) in [5.74, 6) is 2.74. The number of amides is 1. The van der Waals surface area contributed by atoms with Gasteiger partial charge in [0.05, 0.1) is 18.1 Å². The van der Waals surface area contributed by atoms with E-state index in [2.05, 4.69) is 31.1 Å². The van der Waals surface area contributed by atoms with E-state index in [-0.39, 0.29) is 23.4 Å². The lowest BCUT2D eigenvalue weighted by atomic mass is 9.87. The molecule has 1 fully saturated rings. The zero-order valence-electron chi connectivity index (χ0n) is 21.7. The fourth-order valence-electron chi connectivity index (χ4n) is 5.21. The molecule has 4 N–H and O–H groups in total. The summed E-state index contributed by atoms with van der Waals surface area (Å²) < 4.78 is 6.03. The van der Waals surface area contributed by atoms with Crippen LogP contribution in [0.15, 0.2) is 59.4 Å². The van der Waals surface area contributed by atoms with Gasteiger partial charge in [-0.05, 0) is 75.2 Å². The number of carbonyl (C=O) groups is 1. The Balaban J connectivity index is 1.28. The molecular weight excluding hydrogens is 494 g/mol. The number of aromatic amines is 2. The summed E-state index contributed by atoms with van der Waals surface area (Å²) in [6.45, 7) is 4.45. The average Bonchev–Trinajstić information content (AvgIpc) is 3.28. The summed E-state index contributed by atoms with van der Waals surface area (Å²) in [6, 6.07) is 16.3. The van der Waals surface area contributed by atoms with Crippen molar-refractivity contribution < 1.29 is 14.6 Å². The van der Waals surface area contributed by atoms with Gasteiger partial charge in [-0.15, -0.1) is 6.42 Å². The largest absolute Gasteiger partial charge is 0.493 e. The van der Waals surface area contributed by atoms with E-state index in [0.717, 1.165) is 48.1 Å². The lowest BCUT2D eigenvalue weighted by Crippen LogP contribution is -2.41. The molecule has 200 valence electrons. The Morgan fingerprint density at radius 3 is 2.64 bits per heavy atom. The highest BCUT2D eigenvalue weighted by Gasteiger charge is 2.32. The molecule has 1 atom stereocenters. The van der Waals surface area contributed by atoms with Crippen molar-refractivity contribution >= 4 is 16.8 Å². The topological polar surface area (TPSA) is 123 Å². The molecule has 9 nitrogen and oxygen atoms in total. The van der Waals surface area contributed by atoms with Gasteiger partial charge >= 0.3 is 5.69 Å². The summed E-state index contributed by atoms with van der Waals surface area (Å²) in [7, 11) is 0. The van der Waals surface area contributed by atoms with Crippen LogP contribution in [0.4, 0.5) is 0 Å². The third kappa shape index (κ3) is 5.97. The van der Waals surface area contributed by atoms with E-state index in [0.29, 0.717) is 24.5 Å². The Labute approximate surface area is 226 Å². The molecular formula is C30H31N5O4. The highest BCUT2D eigenvalue weighted by Crippen LogP contribution is 2.33. The molecule has 1 aliphatic rings. The average molecular weight is 526 g/mol. The normalized spacial score (nSPS) is 15.1. The molecule has 4 aromatic rings. The van der Waals surface area contributed by atoms with Crippen molar-refractivity contribution in [2.75, 3.05) is 19.6 Å². The number of aryl methyl sites for hydroxylation is 1. The first-order chi connectivity index (χ1) is 18.9. The number of piperidine rings is 1. The number of terminal acetylenes is 1. The van der Waals surface area contributed by atoms with Gasteiger partial charge in [-0.1, -0.05) is 24.1 Å². The zero-order chi connectivity index (χ0) is 27.4. The predicted molar refractivity (Wildman–Crippen MR) is 149 cm³/mol. The number of H-pyrrole nitrogens is 2. The van der Waals surface area contributed by atoms with E-state index in [9.17, 15) is 14.7 Å². The number of pyridine rings is 1. The minimum absolute atomic E-state index is 0.0153. The summed E-state index contributed by atoms with van der Waals surface area (Å²) in [6.07, 6.45) is 6.97. The van der Waals surface area contributed by atoms with E-state index in [1.54, 1.807) is 24.3 Å². The Hall–Kier alpha value is -4.55. The number of nitrogens with zero attached hydrogens (tertiary/aromatic N) is 2. The maximum atomic E-state index is 13.3. The maximum Gasteiger partial charge on any atom is 0.326 e. The quantitative estimate of drug-likeness (QED) is 0.260. The smallest absolute Gasteiger partial charge is 0.326 e. The van der Waals surface area contributed by atoms with Crippen LogP contribution in [-0.4, -0.2) is 50.5 Å². The molecule has 2 aromatic heterocycles. The van der Waals surface area contributed by atoms with Gasteiger partial charge in [-0.25, -0.2) is 4.79 Å². The highest BCUT2D eigenvalue weighted by molar-refractivity contribution is 5.94. The number of hydrogen-bond acceptors (Lipinski definition) is 6. The van der Waals surface area contributed by atoms with Crippen LogP contribution in [0, 0.1) is 25.2 Å². The third-order valence-electron chi connectivity index (χ3n) is 7.19. The van der Waals surface area contributed by atoms with Crippen LogP contribution in [-0.2, 0) is 6.61 Å². The van der Waals surface area contributed by atoms with Crippen LogP contribution in [0.2, 0.25) is 0 Å². The van der Waals surface area contributed by atoms with E-state index in [1.165, 1.54) is 0 Å². The molecule has 0 radical (unpaired) electrons. The summed E-state index contributed by atoms with van der Waals surface area (Å²) in [5, 5.41) is 14.4. The second kappa shape index (κ2) is 11.5. The Morgan fingerprint density at radius 2 is 1.95 bits per heavy atom. The van der Waals surface area contributed by atoms with Gasteiger partial charge in [0.1, 0.15) is 18.1 Å².